The standard InChI is InChI=1S/C25H34ClN3S/c1-24(2)16-22(17-25(3,4)28-24)27-23(30)29(15-14-19-8-6-5-7-9-19)18-20-10-12-21(26)13-11-20/h5-13,22,28H,14-18H2,1-4H3,(H,27,30). The predicted molar refractivity (Wildman–Crippen MR) is 132 cm³/mol. The van der Waals surface area contributed by atoms with Gasteiger partial charge in [-0.2, -0.15) is 0 Å². The third kappa shape index (κ3) is 6.97. The Morgan fingerprint density at radius 1 is 1.00 bits per heavy atom. The van der Waals surface area contributed by atoms with Crippen LogP contribution in [0.1, 0.15) is 51.7 Å². The van der Waals surface area contributed by atoms with E-state index in [1.54, 1.807) is 0 Å². The smallest absolute Gasteiger partial charge is 0.169 e. The van der Waals surface area contributed by atoms with E-state index in [4.69, 9.17) is 23.8 Å². The van der Waals surface area contributed by atoms with Crippen molar-refractivity contribution in [2.24, 2.45) is 0 Å². The summed E-state index contributed by atoms with van der Waals surface area (Å²) >= 11 is 12.0. The maximum absolute atomic E-state index is 6.08. The molecule has 0 spiro atoms. The van der Waals surface area contributed by atoms with Crippen LogP contribution in [-0.2, 0) is 13.0 Å². The number of nitrogens with zero attached hydrogens (tertiary/aromatic N) is 1. The van der Waals surface area contributed by atoms with E-state index in [9.17, 15) is 0 Å². The van der Waals surface area contributed by atoms with Crippen LogP contribution in [0.4, 0.5) is 0 Å². The summed E-state index contributed by atoms with van der Waals surface area (Å²) in [6, 6.07) is 19.0. The number of hydrogen-bond donors (Lipinski definition) is 2. The summed E-state index contributed by atoms with van der Waals surface area (Å²) in [7, 11) is 0. The van der Waals surface area contributed by atoms with Gasteiger partial charge in [0, 0.05) is 35.2 Å². The van der Waals surface area contributed by atoms with Gasteiger partial charge in [-0.25, -0.2) is 0 Å². The molecular weight excluding hydrogens is 410 g/mol. The molecule has 2 aromatic rings. The highest BCUT2D eigenvalue weighted by atomic mass is 35.5. The van der Waals surface area contributed by atoms with E-state index < -0.39 is 0 Å². The molecular formula is C25H34ClN3S. The molecule has 0 saturated carbocycles. The maximum atomic E-state index is 6.08. The molecule has 0 amide bonds. The fraction of sp³-hybridized carbons (Fsp3) is 0.480. The summed E-state index contributed by atoms with van der Waals surface area (Å²) in [6.07, 6.45) is 3.05. The van der Waals surface area contributed by atoms with E-state index in [0.717, 1.165) is 42.5 Å². The average molecular weight is 444 g/mol. The van der Waals surface area contributed by atoms with Crippen LogP contribution in [0, 0.1) is 0 Å². The Morgan fingerprint density at radius 3 is 2.20 bits per heavy atom. The topological polar surface area (TPSA) is 27.3 Å². The molecule has 0 aromatic heterocycles. The fourth-order valence-corrected chi connectivity index (χ4v) is 5.11. The monoisotopic (exact) mass is 443 g/mol. The van der Waals surface area contributed by atoms with Crippen molar-refractivity contribution in [2.45, 2.75) is 70.6 Å². The minimum absolute atomic E-state index is 0.0834. The second-order valence-electron chi connectivity index (χ2n) is 9.73. The van der Waals surface area contributed by atoms with Crippen LogP contribution in [0.3, 0.4) is 0 Å². The van der Waals surface area contributed by atoms with Gasteiger partial charge in [-0.05, 0) is 82.4 Å². The van der Waals surface area contributed by atoms with Gasteiger partial charge in [0.25, 0.3) is 0 Å². The van der Waals surface area contributed by atoms with Crippen molar-refractivity contribution in [2.75, 3.05) is 6.54 Å². The van der Waals surface area contributed by atoms with Crippen LogP contribution in [0.25, 0.3) is 0 Å². The van der Waals surface area contributed by atoms with E-state index in [1.165, 1.54) is 11.1 Å². The number of thiocarbonyl (C=S) groups is 1. The number of benzene rings is 2. The lowest BCUT2D eigenvalue weighted by Crippen LogP contribution is -2.62. The van der Waals surface area contributed by atoms with Gasteiger partial charge in [0.2, 0.25) is 0 Å². The first-order valence-electron chi connectivity index (χ1n) is 10.8. The van der Waals surface area contributed by atoms with Crippen molar-refractivity contribution in [3.05, 3.63) is 70.7 Å². The molecule has 3 nitrogen and oxygen atoms in total. The fourth-order valence-electron chi connectivity index (χ4n) is 4.66. The number of hydrogen-bond acceptors (Lipinski definition) is 2. The Morgan fingerprint density at radius 2 is 1.60 bits per heavy atom. The van der Waals surface area contributed by atoms with Crippen LogP contribution < -0.4 is 10.6 Å². The Hall–Kier alpha value is -1.62. The van der Waals surface area contributed by atoms with E-state index in [1.807, 2.05) is 12.1 Å². The Balaban J connectivity index is 1.70. The third-order valence-corrected chi connectivity index (χ3v) is 6.23. The van der Waals surface area contributed by atoms with Gasteiger partial charge in [0.1, 0.15) is 0 Å². The molecule has 3 rings (SSSR count). The summed E-state index contributed by atoms with van der Waals surface area (Å²) in [4.78, 5) is 2.29. The molecule has 0 aliphatic carbocycles. The molecule has 0 atom stereocenters. The van der Waals surface area contributed by atoms with Crippen molar-refractivity contribution < 1.29 is 0 Å². The van der Waals surface area contributed by atoms with Crippen molar-refractivity contribution in [1.82, 2.24) is 15.5 Å². The Bertz CT molecular complexity index is 817. The molecule has 1 aliphatic rings. The van der Waals surface area contributed by atoms with Crippen LogP contribution >= 0.6 is 23.8 Å². The highest BCUT2D eigenvalue weighted by molar-refractivity contribution is 7.80. The number of halogens is 1. The average Bonchev–Trinajstić information content (AvgIpc) is 2.64. The van der Waals surface area contributed by atoms with E-state index in [-0.39, 0.29) is 11.1 Å². The summed E-state index contributed by atoms with van der Waals surface area (Å²) in [5.41, 5.74) is 2.70. The highest BCUT2D eigenvalue weighted by Gasteiger charge is 2.38. The minimum Gasteiger partial charge on any atom is -0.360 e. The van der Waals surface area contributed by atoms with Crippen molar-refractivity contribution in [1.29, 1.82) is 0 Å². The lowest BCUT2D eigenvalue weighted by atomic mass is 9.80. The lowest BCUT2D eigenvalue weighted by Gasteiger charge is -2.47. The second-order valence-corrected chi connectivity index (χ2v) is 10.6. The van der Waals surface area contributed by atoms with Crippen molar-refractivity contribution in [3.8, 4) is 0 Å². The number of nitrogens with one attached hydrogen (secondary N) is 2. The highest BCUT2D eigenvalue weighted by Crippen LogP contribution is 2.28. The molecule has 1 fully saturated rings. The molecule has 5 heteroatoms. The zero-order chi connectivity index (χ0) is 21.8. The van der Waals surface area contributed by atoms with Crippen molar-refractivity contribution in [3.63, 3.8) is 0 Å². The first-order valence-corrected chi connectivity index (χ1v) is 11.5. The first kappa shape index (κ1) is 23.1. The number of rotatable bonds is 6. The molecule has 1 saturated heterocycles. The van der Waals surface area contributed by atoms with E-state index in [0.29, 0.717) is 6.04 Å². The van der Waals surface area contributed by atoms with Gasteiger partial charge in [-0.1, -0.05) is 54.1 Å². The van der Waals surface area contributed by atoms with Crippen molar-refractivity contribution >= 4 is 28.9 Å². The number of piperidine rings is 1. The molecule has 162 valence electrons. The zero-order valence-electron chi connectivity index (χ0n) is 18.5. The molecule has 1 aliphatic heterocycles. The molecule has 1 heterocycles. The third-order valence-electron chi connectivity index (χ3n) is 5.60. The van der Waals surface area contributed by atoms with Gasteiger partial charge < -0.3 is 15.5 Å². The largest absolute Gasteiger partial charge is 0.360 e. The summed E-state index contributed by atoms with van der Waals surface area (Å²) in [5, 5.41) is 9.03. The van der Waals surface area contributed by atoms with E-state index in [2.05, 4.69) is 85.7 Å². The van der Waals surface area contributed by atoms with Crippen LogP contribution in [0.5, 0.6) is 0 Å². The molecule has 0 unspecified atom stereocenters. The van der Waals surface area contributed by atoms with Crippen LogP contribution in [0.2, 0.25) is 5.02 Å². The molecule has 2 aromatic carbocycles. The van der Waals surface area contributed by atoms with Gasteiger partial charge in [-0.15, -0.1) is 0 Å². The van der Waals surface area contributed by atoms with Gasteiger partial charge in [0.15, 0.2) is 5.11 Å². The Labute approximate surface area is 192 Å². The first-order chi connectivity index (χ1) is 14.1. The summed E-state index contributed by atoms with van der Waals surface area (Å²) in [6.45, 7) is 10.7. The molecule has 2 N–H and O–H groups in total. The summed E-state index contributed by atoms with van der Waals surface area (Å²) < 4.78 is 0. The lowest BCUT2D eigenvalue weighted by molar-refractivity contribution is 0.153. The maximum Gasteiger partial charge on any atom is 0.169 e. The molecule has 0 radical (unpaired) electrons. The van der Waals surface area contributed by atoms with Gasteiger partial charge in [0.05, 0.1) is 0 Å². The normalized spacial score (nSPS) is 18.0. The SMILES string of the molecule is CC1(C)CC(NC(=S)N(CCc2ccccc2)Cc2ccc(Cl)cc2)CC(C)(C)N1. The van der Waals surface area contributed by atoms with Gasteiger partial charge >= 0.3 is 0 Å². The molecule has 30 heavy (non-hydrogen) atoms. The quantitative estimate of drug-likeness (QED) is 0.571. The Kier molecular flexibility index (Phi) is 7.43. The minimum atomic E-state index is 0.0834. The second kappa shape index (κ2) is 9.67. The van der Waals surface area contributed by atoms with Crippen LogP contribution in [0.15, 0.2) is 54.6 Å². The zero-order valence-corrected chi connectivity index (χ0v) is 20.1. The molecule has 0 bridgehead atoms. The van der Waals surface area contributed by atoms with Gasteiger partial charge in [-0.3, -0.25) is 0 Å². The van der Waals surface area contributed by atoms with E-state index >= 15 is 0 Å². The predicted octanol–water partition coefficient (Wildman–Crippen LogP) is 5.57. The summed E-state index contributed by atoms with van der Waals surface area (Å²) in [5.74, 6) is 0. The van der Waals surface area contributed by atoms with Crippen LogP contribution in [-0.4, -0.2) is 33.7 Å².